The molecule has 1 aliphatic rings. The normalized spacial score (nSPS) is 30.2. The van der Waals surface area contributed by atoms with Gasteiger partial charge in [0.25, 0.3) is 0 Å². The summed E-state index contributed by atoms with van der Waals surface area (Å²) in [6, 6.07) is 0.702. The lowest BCUT2D eigenvalue weighted by molar-refractivity contribution is -0.118. The molecule has 0 atom stereocenters. The summed E-state index contributed by atoms with van der Waals surface area (Å²) in [5.74, 6) is 1.02. The summed E-state index contributed by atoms with van der Waals surface area (Å²) < 4.78 is 0. The van der Waals surface area contributed by atoms with Gasteiger partial charge in [0.2, 0.25) is 0 Å². The monoisotopic (exact) mass is 169 g/mol. The lowest BCUT2D eigenvalue weighted by Crippen LogP contribution is -2.30. The molecule has 2 heteroatoms. The molecule has 0 spiro atoms. The van der Waals surface area contributed by atoms with Crippen molar-refractivity contribution in [3.05, 3.63) is 0 Å². The van der Waals surface area contributed by atoms with E-state index < -0.39 is 0 Å². The van der Waals surface area contributed by atoms with Gasteiger partial charge in [-0.25, -0.2) is 0 Å². The summed E-state index contributed by atoms with van der Waals surface area (Å²) in [6.07, 6.45) is 5.75. The third-order valence-corrected chi connectivity index (χ3v) is 2.83. The first-order valence-corrected chi connectivity index (χ1v) is 4.89. The maximum atomic E-state index is 10.8. The third kappa shape index (κ3) is 2.94. The minimum Gasteiger partial charge on any atom is -0.317 e. The van der Waals surface area contributed by atoms with Crippen molar-refractivity contribution in [1.29, 1.82) is 0 Å². The number of carbonyl (C=O) groups excluding carboxylic acids is 1. The summed E-state index contributed by atoms with van der Waals surface area (Å²) in [7, 11) is 2.02. The molecule has 0 radical (unpaired) electrons. The molecule has 70 valence electrons. The van der Waals surface area contributed by atoms with E-state index in [0.717, 1.165) is 6.42 Å². The van der Waals surface area contributed by atoms with Crippen molar-refractivity contribution in [2.45, 2.75) is 45.1 Å². The van der Waals surface area contributed by atoms with Crippen molar-refractivity contribution in [2.75, 3.05) is 7.05 Å². The molecule has 0 aromatic carbocycles. The second-order valence-corrected chi connectivity index (χ2v) is 3.91. The van der Waals surface area contributed by atoms with Crippen LogP contribution in [0.15, 0.2) is 0 Å². The van der Waals surface area contributed by atoms with Crippen molar-refractivity contribution >= 4 is 5.78 Å². The van der Waals surface area contributed by atoms with Gasteiger partial charge in [0.1, 0.15) is 5.78 Å². The van der Waals surface area contributed by atoms with E-state index in [4.69, 9.17) is 0 Å². The first kappa shape index (κ1) is 9.72. The van der Waals surface area contributed by atoms with E-state index in [1.165, 1.54) is 25.7 Å². The Morgan fingerprint density at radius 2 is 1.92 bits per heavy atom. The quantitative estimate of drug-likeness (QED) is 0.697. The highest BCUT2D eigenvalue weighted by molar-refractivity contribution is 5.75. The zero-order chi connectivity index (χ0) is 8.97. The highest BCUT2D eigenvalue weighted by atomic mass is 16.1. The summed E-state index contributed by atoms with van der Waals surface area (Å²) in [5.41, 5.74) is 0. The third-order valence-electron chi connectivity index (χ3n) is 2.83. The molecule has 0 aliphatic heterocycles. The molecule has 0 bridgehead atoms. The van der Waals surface area contributed by atoms with E-state index in [1.807, 2.05) is 7.05 Å². The number of hydrogen-bond acceptors (Lipinski definition) is 2. The molecule has 1 aliphatic carbocycles. The predicted octanol–water partition coefficient (Wildman–Crippen LogP) is 1.74. The van der Waals surface area contributed by atoms with Gasteiger partial charge in [-0.2, -0.15) is 0 Å². The van der Waals surface area contributed by atoms with Crippen molar-refractivity contribution < 1.29 is 4.79 Å². The van der Waals surface area contributed by atoms with Gasteiger partial charge in [-0.3, -0.25) is 0 Å². The first-order valence-electron chi connectivity index (χ1n) is 4.89. The number of ketones is 1. The molecule has 0 saturated heterocycles. The van der Waals surface area contributed by atoms with Crippen LogP contribution in [0.3, 0.4) is 0 Å². The van der Waals surface area contributed by atoms with E-state index >= 15 is 0 Å². The Hall–Kier alpha value is -0.370. The SMILES string of the molecule is CN[C@H]1CC[C@@H](CC(C)=O)CC1. The van der Waals surface area contributed by atoms with Gasteiger partial charge in [0.15, 0.2) is 0 Å². The fraction of sp³-hybridized carbons (Fsp3) is 0.900. The molecule has 2 nitrogen and oxygen atoms in total. The zero-order valence-electron chi connectivity index (χ0n) is 8.10. The van der Waals surface area contributed by atoms with Crippen LogP contribution in [0.2, 0.25) is 0 Å². The molecule has 12 heavy (non-hydrogen) atoms. The number of nitrogens with one attached hydrogen (secondary N) is 1. The Kier molecular flexibility index (Phi) is 3.73. The van der Waals surface area contributed by atoms with E-state index in [2.05, 4.69) is 5.32 Å². The lowest BCUT2D eigenvalue weighted by Gasteiger charge is -2.27. The van der Waals surface area contributed by atoms with Gasteiger partial charge < -0.3 is 10.1 Å². The fourth-order valence-corrected chi connectivity index (χ4v) is 2.06. The van der Waals surface area contributed by atoms with Crippen LogP contribution in [0.4, 0.5) is 0 Å². The Labute approximate surface area is 74.7 Å². The highest BCUT2D eigenvalue weighted by Crippen LogP contribution is 2.26. The average molecular weight is 169 g/mol. The molecule has 0 aromatic rings. The molecule has 1 saturated carbocycles. The van der Waals surface area contributed by atoms with Crippen LogP contribution in [0.5, 0.6) is 0 Å². The standard InChI is InChI=1S/C10H19NO/c1-8(12)7-9-3-5-10(11-2)6-4-9/h9-11H,3-7H2,1-2H3/t9-,10+. The van der Waals surface area contributed by atoms with Crippen LogP contribution < -0.4 is 5.32 Å². The Morgan fingerprint density at radius 1 is 1.33 bits per heavy atom. The number of Topliss-reactive ketones (excluding diaryl/α,β-unsaturated/α-hetero) is 1. The summed E-state index contributed by atoms with van der Waals surface area (Å²) in [6.45, 7) is 1.70. The Morgan fingerprint density at radius 3 is 2.33 bits per heavy atom. The van der Waals surface area contributed by atoms with Gasteiger partial charge in [0, 0.05) is 12.5 Å². The van der Waals surface area contributed by atoms with E-state index in [0.29, 0.717) is 17.7 Å². The molecule has 1 fully saturated rings. The summed E-state index contributed by atoms with van der Waals surface area (Å²) in [4.78, 5) is 10.8. The zero-order valence-corrected chi connectivity index (χ0v) is 8.10. The van der Waals surface area contributed by atoms with Crippen LogP contribution in [0.1, 0.15) is 39.0 Å². The first-order chi connectivity index (χ1) is 5.72. The van der Waals surface area contributed by atoms with Crippen molar-refractivity contribution in [3.63, 3.8) is 0 Å². The fourth-order valence-electron chi connectivity index (χ4n) is 2.06. The van der Waals surface area contributed by atoms with Crippen LogP contribution in [-0.4, -0.2) is 18.9 Å². The van der Waals surface area contributed by atoms with Gasteiger partial charge in [-0.05, 0) is 45.6 Å². The van der Waals surface area contributed by atoms with E-state index in [1.54, 1.807) is 6.92 Å². The number of rotatable bonds is 3. The van der Waals surface area contributed by atoms with E-state index in [9.17, 15) is 4.79 Å². The van der Waals surface area contributed by atoms with Crippen LogP contribution in [-0.2, 0) is 4.79 Å². The number of hydrogen-bond donors (Lipinski definition) is 1. The van der Waals surface area contributed by atoms with E-state index in [-0.39, 0.29) is 0 Å². The average Bonchev–Trinajstić information content (AvgIpc) is 2.05. The minimum absolute atomic E-state index is 0.350. The molecular weight excluding hydrogens is 150 g/mol. The topological polar surface area (TPSA) is 29.1 Å². The minimum atomic E-state index is 0.350. The highest BCUT2D eigenvalue weighted by Gasteiger charge is 2.20. The van der Waals surface area contributed by atoms with Crippen molar-refractivity contribution in [3.8, 4) is 0 Å². The largest absolute Gasteiger partial charge is 0.317 e. The van der Waals surface area contributed by atoms with Crippen molar-refractivity contribution in [2.24, 2.45) is 5.92 Å². The maximum Gasteiger partial charge on any atom is 0.130 e. The molecule has 1 N–H and O–H groups in total. The summed E-state index contributed by atoms with van der Waals surface area (Å²) >= 11 is 0. The van der Waals surface area contributed by atoms with Crippen LogP contribution in [0.25, 0.3) is 0 Å². The lowest BCUT2D eigenvalue weighted by atomic mass is 9.83. The predicted molar refractivity (Wildman–Crippen MR) is 50.1 cm³/mol. The van der Waals surface area contributed by atoms with Crippen LogP contribution in [0, 0.1) is 5.92 Å². The maximum absolute atomic E-state index is 10.8. The van der Waals surface area contributed by atoms with Gasteiger partial charge in [-0.1, -0.05) is 0 Å². The van der Waals surface area contributed by atoms with Crippen LogP contribution >= 0.6 is 0 Å². The Bertz CT molecular complexity index is 148. The summed E-state index contributed by atoms with van der Waals surface area (Å²) in [5, 5.41) is 3.29. The second-order valence-electron chi connectivity index (χ2n) is 3.91. The molecule has 0 heterocycles. The molecule has 0 amide bonds. The van der Waals surface area contributed by atoms with Gasteiger partial charge in [-0.15, -0.1) is 0 Å². The van der Waals surface area contributed by atoms with Gasteiger partial charge in [0.05, 0.1) is 0 Å². The van der Waals surface area contributed by atoms with Gasteiger partial charge >= 0.3 is 0 Å². The Balaban J connectivity index is 2.21. The smallest absolute Gasteiger partial charge is 0.130 e. The molecule has 0 unspecified atom stereocenters. The molecule has 0 aromatic heterocycles. The molecule has 1 rings (SSSR count). The second kappa shape index (κ2) is 4.61. The number of carbonyl (C=O) groups is 1. The van der Waals surface area contributed by atoms with Crippen molar-refractivity contribution in [1.82, 2.24) is 5.32 Å². The molecular formula is C10H19NO.